The number of piperidine rings is 1. The van der Waals surface area contributed by atoms with Gasteiger partial charge in [0.1, 0.15) is 17.7 Å². The SMILES string of the molecule is O=C(Nc1ncnc2nc[nH]c12)C1CCN(S(=O)(=O)c2ccc(F)cc2)CC1. The largest absolute Gasteiger partial charge is 0.340 e. The average Bonchev–Trinajstić information content (AvgIpc) is 3.18. The minimum Gasteiger partial charge on any atom is -0.340 e. The predicted molar refractivity (Wildman–Crippen MR) is 98.2 cm³/mol. The van der Waals surface area contributed by atoms with E-state index in [-0.39, 0.29) is 29.8 Å². The first kappa shape index (κ1) is 18.4. The van der Waals surface area contributed by atoms with Crippen molar-refractivity contribution in [1.29, 1.82) is 0 Å². The lowest BCUT2D eigenvalue weighted by Gasteiger charge is -2.30. The van der Waals surface area contributed by atoms with E-state index in [4.69, 9.17) is 0 Å². The summed E-state index contributed by atoms with van der Waals surface area (Å²) in [5.41, 5.74) is 0.984. The molecule has 2 aromatic heterocycles. The summed E-state index contributed by atoms with van der Waals surface area (Å²) >= 11 is 0. The van der Waals surface area contributed by atoms with Gasteiger partial charge in [0.2, 0.25) is 15.9 Å². The van der Waals surface area contributed by atoms with Gasteiger partial charge in [0.05, 0.1) is 11.2 Å². The molecule has 0 atom stereocenters. The van der Waals surface area contributed by atoms with E-state index in [0.717, 1.165) is 12.1 Å². The summed E-state index contributed by atoms with van der Waals surface area (Å²) in [5.74, 6) is -0.722. The van der Waals surface area contributed by atoms with E-state index >= 15 is 0 Å². The van der Waals surface area contributed by atoms with E-state index in [9.17, 15) is 17.6 Å². The highest BCUT2D eigenvalue weighted by atomic mass is 32.2. The van der Waals surface area contributed by atoms with Gasteiger partial charge in [0, 0.05) is 19.0 Å². The van der Waals surface area contributed by atoms with Gasteiger partial charge < -0.3 is 10.3 Å². The number of anilines is 1. The Balaban J connectivity index is 1.41. The van der Waals surface area contributed by atoms with Gasteiger partial charge in [0.15, 0.2) is 11.5 Å². The molecule has 0 aliphatic carbocycles. The molecule has 0 spiro atoms. The number of rotatable bonds is 4. The van der Waals surface area contributed by atoms with Crippen LogP contribution in [0.5, 0.6) is 0 Å². The highest BCUT2D eigenvalue weighted by molar-refractivity contribution is 7.89. The van der Waals surface area contributed by atoms with Crippen LogP contribution in [0, 0.1) is 11.7 Å². The fourth-order valence-electron chi connectivity index (χ4n) is 3.19. The molecule has 0 saturated carbocycles. The van der Waals surface area contributed by atoms with Crippen molar-refractivity contribution in [2.24, 2.45) is 5.92 Å². The minimum atomic E-state index is -3.71. The van der Waals surface area contributed by atoms with Gasteiger partial charge in [-0.05, 0) is 37.1 Å². The molecule has 0 unspecified atom stereocenters. The van der Waals surface area contributed by atoms with E-state index < -0.39 is 15.8 Å². The first-order valence-electron chi connectivity index (χ1n) is 8.66. The number of nitrogens with zero attached hydrogens (tertiary/aromatic N) is 4. The van der Waals surface area contributed by atoms with Crippen molar-refractivity contribution in [3.8, 4) is 0 Å². The quantitative estimate of drug-likeness (QED) is 0.680. The molecule has 11 heteroatoms. The molecule has 0 bridgehead atoms. The lowest BCUT2D eigenvalue weighted by Crippen LogP contribution is -2.41. The Hall–Kier alpha value is -2.92. The van der Waals surface area contributed by atoms with E-state index in [1.54, 1.807) is 0 Å². The smallest absolute Gasteiger partial charge is 0.243 e. The van der Waals surface area contributed by atoms with Crippen molar-refractivity contribution in [2.75, 3.05) is 18.4 Å². The number of imidazole rings is 1. The molecule has 9 nitrogen and oxygen atoms in total. The van der Waals surface area contributed by atoms with Crippen molar-refractivity contribution >= 4 is 32.9 Å². The van der Waals surface area contributed by atoms with Crippen LogP contribution < -0.4 is 5.32 Å². The van der Waals surface area contributed by atoms with Crippen LogP contribution in [0.4, 0.5) is 10.2 Å². The number of sulfonamides is 1. The Morgan fingerprint density at radius 2 is 1.86 bits per heavy atom. The molecule has 4 rings (SSSR count). The van der Waals surface area contributed by atoms with Crippen molar-refractivity contribution < 1.29 is 17.6 Å². The second-order valence-electron chi connectivity index (χ2n) is 6.44. The van der Waals surface area contributed by atoms with Crippen LogP contribution in [0.2, 0.25) is 0 Å². The molecule has 2 N–H and O–H groups in total. The number of carbonyl (C=O) groups is 1. The Bertz CT molecular complexity index is 1110. The number of benzene rings is 1. The van der Waals surface area contributed by atoms with Crippen molar-refractivity contribution in [3.63, 3.8) is 0 Å². The molecule has 28 heavy (non-hydrogen) atoms. The summed E-state index contributed by atoms with van der Waals surface area (Å²) in [6, 6.07) is 4.72. The number of aromatic nitrogens is 4. The number of halogens is 1. The summed E-state index contributed by atoms with van der Waals surface area (Å²) in [7, 11) is -3.71. The zero-order chi connectivity index (χ0) is 19.7. The Labute approximate surface area is 160 Å². The summed E-state index contributed by atoms with van der Waals surface area (Å²) < 4.78 is 39.7. The molecule has 1 aliphatic heterocycles. The third-order valence-electron chi connectivity index (χ3n) is 4.74. The van der Waals surface area contributed by atoms with Gasteiger partial charge in [-0.15, -0.1) is 0 Å². The van der Waals surface area contributed by atoms with E-state index in [2.05, 4.69) is 25.3 Å². The monoisotopic (exact) mass is 404 g/mol. The maximum atomic E-state index is 13.0. The highest BCUT2D eigenvalue weighted by Gasteiger charge is 2.32. The molecule has 1 amide bonds. The molecule has 1 saturated heterocycles. The van der Waals surface area contributed by atoms with Crippen molar-refractivity contribution in [2.45, 2.75) is 17.7 Å². The number of hydrogen-bond donors (Lipinski definition) is 2. The molecule has 1 fully saturated rings. The maximum absolute atomic E-state index is 13.0. The van der Waals surface area contributed by atoms with E-state index in [1.165, 1.54) is 29.1 Å². The third-order valence-corrected chi connectivity index (χ3v) is 6.65. The van der Waals surface area contributed by atoms with Gasteiger partial charge in [0.25, 0.3) is 0 Å². The van der Waals surface area contributed by atoms with Crippen LogP contribution in [-0.2, 0) is 14.8 Å². The van der Waals surface area contributed by atoms with Crippen LogP contribution in [0.15, 0.2) is 41.8 Å². The average molecular weight is 404 g/mol. The van der Waals surface area contributed by atoms with Gasteiger partial charge in [-0.25, -0.2) is 27.8 Å². The zero-order valence-corrected chi connectivity index (χ0v) is 15.5. The standard InChI is InChI=1S/C17H17FN6O3S/c18-12-1-3-13(4-2-12)28(26,27)24-7-5-11(6-8-24)17(25)23-16-14-15(20-9-19-14)21-10-22-16/h1-4,9-11H,5-8H2,(H2,19,20,21,22,23,25). The fourth-order valence-corrected chi connectivity index (χ4v) is 4.66. The number of nitrogens with one attached hydrogen (secondary N) is 2. The Kier molecular flexibility index (Phi) is 4.77. The number of fused-ring (bicyclic) bond motifs is 1. The van der Waals surface area contributed by atoms with Gasteiger partial charge in [-0.3, -0.25) is 4.79 Å². The normalized spacial score (nSPS) is 16.3. The van der Waals surface area contributed by atoms with Crippen LogP contribution in [-0.4, -0.2) is 51.7 Å². The summed E-state index contributed by atoms with van der Waals surface area (Å²) in [6.07, 6.45) is 3.54. The summed E-state index contributed by atoms with van der Waals surface area (Å²) in [5, 5.41) is 2.76. The summed E-state index contributed by atoms with van der Waals surface area (Å²) in [4.78, 5) is 27.6. The van der Waals surface area contributed by atoms with Gasteiger partial charge in [-0.2, -0.15) is 4.31 Å². The number of amides is 1. The Morgan fingerprint density at radius 1 is 1.14 bits per heavy atom. The van der Waals surface area contributed by atoms with E-state index in [0.29, 0.717) is 29.8 Å². The number of hydrogen-bond acceptors (Lipinski definition) is 6. The molecule has 0 radical (unpaired) electrons. The minimum absolute atomic E-state index is 0.0411. The second-order valence-corrected chi connectivity index (χ2v) is 8.38. The zero-order valence-electron chi connectivity index (χ0n) is 14.7. The molecular formula is C17H17FN6O3S. The molecule has 3 aromatic rings. The van der Waals surface area contributed by atoms with Crippen LogP contribution >= 0.6 is 0 Å². The predicted octanol–water partition coefficient (Wildman–Crippen LogP) is 1.53. The number of carbonyl (C=O) groups excluding carboxylic acids is 1. The Morgan fingerprint density at radius 3 is 2.57 bits per heavy atom. The van der Waals surface area contributed by atoms with Gasteiger partial charge in [-0.1, -0.05) is 0 Å². The lowest BCUT2D eigenvalue weighted by atomic mass is 9.97. The van der Waals surface area contributed by atoms with Crippen molar-refractivity contribution in [3.05, 3.63) is 42.7 Å². The highest BCUT2D eigenvalue weighted by Crippen LogP contribution is 2.25. The molecule has 1 aliphatic rings. The second kappa shape index (κ2) is 7.24. The van der Waals surface area contributed by atoms with Crippen molar-refractivity contribution in [1.82, 2.24) is 24.2 Å². The molecule has 146 valence electrons. The fraction of sp³-hybridized carbons (Fsp3) is 0.294. The maximum Gasteiger partial charge on any atom is 0.243 e. The topological polar surface area (TPSA) is 121 Å². The summed E-state index contributed by atoms with van der Waals surface area (Å²) in [6.45, 7) is 0.419. The third kappa shape index (κ3) is 3.45. The first-order valence-corrected chi connectivity index (χ1v) is 10.1. The molecule has 1 aromatic carbocycles. The lowest BCUT2D eigenvalue weighted by molar-refractivity contribution is -0.120. The first-order chi connectivity index (χ1) is 13.4. The number of aromatic amines is 1. The molecule has 3 heterocycles. The van der Waals surface area contributed by atoms with Crippen LogP contribution in [0.25, 0.3) is 11.2 Å². The van der Waals surface area contributed by atoms with Crippen LogP contribution in [0.1, 0.15) is 12.8 Å². The van der Waals surface area contributed by atoms with Gasteiger partial charge >= 0.3 is 0 Å². The van der Waals surface area contributed by atoms with Crippen LogP contribution in [0.3, 0.4) is 0 Å². The molecular weight excluding hydrogens is 387 g/mol. The number of H-pyrrole nitrogens is 1. The van der Waals surface area contributed by atoms with E-state index in [1.807, 2.05) is 0 Å².